The molecule has 3 heterocycles. The molecule has 7 nitrogen and oxygen atoms in total. The molecule has 0 fully saturated rings. The number of fused-ring (bicyclic) bond motifs is 1. The Hall–Kier alpha value is -3.19. The highest BCUT2D eigenvalue weighted by Gasteiger charge is 2.34. The number of amides is 1. The van der Waals surface area contributed by atoms with Gasteiger partial charge in [0.05, 0.1) is 17.8 Å². The first-order valence-corrected chi connectivity index (χ1v) is 9.21. The molecule has 8 heteroatoms. The van der Waals surface area contributed by atoms with Gasteiger partial charge in [0, 0.05) is 35.4 Å². The monoisotopic (exact) mass is 395 g/mol. The molecule has 0 bridgehead atoms. The normalized spacial score (nSPS) is 16.1. The van der Waals surface area contributed by atoms with Crippen molar-refractivity contribution in [3.8, 4) is 0 Å². The maximum atomic E-state index is 13.2. The molecule has 2 aromatic heterocycles. The standard InChI is InChI=1S/C20H18ClN5O2/c1-12-11-25(15-5-2-4-14(21)9-15)20(28)18-13(10-24-26(12)18)8-17(27)16-6-3-7-23-19(16)22/h2-7,9-10,12H,8,11H2,1H3,(H2,22,23)/t12-/m0/s1. The van der Waals surface area contributed by atoms with Crippen LogP contribution in [-0.2, 0) is 6.42 Å². The van der Waals surface area contributed by atoms with Crippen molar-refractivity contribution in [2.75, 3.05) is 17.2 Å². The first kappa shape index (κ1) is 18.2. The van der Waals surface area contributed by atoms with Gasteiger partial charge in [0.25, 0.3) is 5.91 Å². The number of carbonyl (C=O) groups is 2. The summed E-state index contributed by atoms with van der Waals surface area (Å²) >= 11 is 6.09. The molecule has 4 rings (SSSR count). The Labute approximate surface area is 166 Å². The number of nitrogens with zero attached hydrogens (tertiary/aromatic N) is 4. The third-order valence-electron chi connectivity index (χ3n) is 4.79. The molecule has 0 spiro atoms. The molecule has 2 N–H and O–H groups in total. The SMILES string of the molecule is C[C@H]1CN(c2cccc(Cl)c2)C(=O)c2c(CC(=O)c3cccnc3N)cnn21. The van der Waals surface area contributed by atoms with Crippen molar-refractivity contribution in [3.05, 3.63) is 70.6 Å². The number of hydrogen-bond donors (Lipinski definition) is 1. The van der Waals surface area contributed by atoms with Crippen LogP contribution in [-0.4, -0.2) is 33.0 Å². The van der Waals surface area contributed by atoms with Crippen molar-refractivity contribution >= 4 is 34.8 Å². The summed E-state index contributed by atoms with van der Waals surface area (Å²) in [6.45, 7) is 2.45. The van der Waals surface area contributed by atoms with E-state index < -0.39 is 0 Å². The summed E-state index contributed by atoms with van der Waals surface area (Å²) in [5, 5.41) is 4.90. The van der Waals surface area contributed by atoms with Crippen LogP contribution in [0.25, 0.3) is 0 Å². The van der Waals surface area contributed by atoms with E-state index in [0.29, 0.717) is 34.1 Å². The fourth-order valence-electron chi connectivity index (χ4n) is 3.44. The third-order valence-corrected chi connectivity index (χ3v) is 5.03. The zero-order valence-corrected chi connectivity index (χ0v) is 15.9. The molecule has 1 aliphatic heterocycles. The van der Waals surface area contributed by atoms with Crippen LogP contribution in [0.4, 0.5) is 11.5 Å². The number of hydrogen-bond acceptors (Lipinski definition) is 5. The summed E-state index contributed by atoms with van der Waals surface area (Å²) in [7, 11) is 0. The molecule has 1 amide bonds. The first-order valence-electron chi connectivity index (χ1n) is 8.83. The molecular formula is C20H18ClN5O2. The molecule has 0 saturated heterocycles. The molecule has 0 radical (unpaired) electrons. The molecule has 142 valence electrons. The van der Waals surface area contributed by atoms with E-state index in [4.69, 9.17) is 17.3 Å². The number of anilines is 2. The number of Topliss-reactive ketones (excluding diaryl/α,β-unsaturated/α-hetero) is 1. The highest BCUT2D eigenvalue weighted by molar-refractivity contribution is 6.31. The zero-order valence-electron chi connectivity index (χ0n) is 15.2. The van der Waals surface area contributed by atoms with E-state index in [1.54, 1.807) is 46.1 Å². The summed E-state index contributed by atoms with van der Waals surface area (Å²) in [5.41, 5.74) is 7.84. The summed E-state index contributed by atoms with van der Waals surface area (Å²) in [4.78, 5) is 31.5. The Balaban J connectivity index is 1.68. The quantitative estimate of drug-likeness (QED) is 0.685. The van der Waals surface area contributed by atoms with Crippen LogP contribution in [0.1, 0.15) is 39.4 Å². The van der Waals surface area contributed by atoms with Gasteiger partial charge in [-0.1, -0.05) is 17.7 Å². The second kappa shape index (κ2) is 7.09. The van der Waals surface area contributed by atoms with Gasteiger partial charge in [-0.25, -0.2) is 4.98 Å². The van der Waals surface area contributed by atoms with Crippen molar-refractivity contribution in [3.63, 3.8) is 0 Å². The van der Waals surface area contributed by atoms with E-state index in [1.165, 1.54) is 6.20 Å². The summed E-state index contributed by atoms with van der Waals surface area (Å²) < 4.78 is 1.68. The minimum atomic E-state index is -0.208. The van der Waals surface area contributed by atoms with Crippen LogP contribution in [0.2, 0.25) is 5.02 Å². The van der Waals surface area contributed by atoms with Crippen LogP contribution in [0.15, 0.2) is 48.8 Å². The lowest BCUT2D eigenvalue weighted by molar-refractivity contribution is 0.0951. The van der Waals surface area contributed by atoms with E-state index in [-0.39, 0.29) is 30.0 Å². The average molecular weight is 396 g/mol. The minimum Gasteiger partial charge on any atom is -0.383 e. The largest absolute Gasteiger partial charge is 0.383 e. The number of ketones is 1. The topological polar surface area (TPSA) is 94.1 Å². The van der Waals surface area contributed by atoms with Crippen LogP contribution >= 0.6 is 11.6 Å². The summed E-state index contributed by atoms with van der Waals surface area (Å²) in [6.07, 6.45) is 3.13. The van der Waals surface area contributed by atoms with Gasteiger partial charge in [-0.2, -0.15) is 5.10 Å². The van der Waals surface area contributed by atoms with Gasteiger partial charge in [0.2, 0.25) is 0 Å². The predicted octanol–water partition coefficient (Wildman–Crippen LogP) is 3.16. The van der Waals surface area contributed by atoms with Crippen molar-refractivity contribution in [2.45, 2.75) is 19.4 Å². The first-order chi connectivity index (χ1) is 13.5. The number of aromatic nitrogens is 3. The predicted molar refractivity (Wildman–Crippen MR) is 107 cm³/mol. The Morgan fingerprint density at radius 3 is 2.89 bits per heavy atom. The Morgan fingerprint density at radius 1 is 1.32 bits per heavy atom. The lowest BCUT2D eigenvalue weighted by Crippen LogP contribution is -2.43. The number of benzene rings is 1. The smallest absolute Gasteiger partial charge is 0.276 e. The van der Waals surface area contributed by atoms with Crippen LogP contribution in [0.3, 0.4) is 0 Å². The molecule has 28 heavy (non-hydrogen) atoms. The number of halogens is 1. The molecule has 1 atom stereocenters. The lowest BCUT2D eigenvalue weighted by atomic mass is 10.0. The van der Waals surface area contributed by atoms with Crippen LogP contribution < -0.4 is 10.6 Å². The van der Waals surface area contributed by atoms with Gasteiger partial charge < -0.3 is 10.6 Å². The summed E-state index contributed by atoms with van der Waals surface area (Å²) in [6, 6.07) is 10.4. The Kier molecular flexibility index (Phi) is 4.60. The van der Waals surface area contributed by atoms with Gasteiger partial charge in [-0.05, 0) is 37.3 Å². The molecule has 1 aliphatic rings. The lowest BCUT2D eigenvalue weighted by Gasteiger charge is -2.32. The maximum Gasteiger partial charge on any atom is 0.276 e. The second-order valence-corrected chi connectivity index (χ2v) is 7.18. The van der Waals surface area contributed by atoms with E-state index in [0.717, 1.165) is 0 Å². The van der Waals surface area contributed by atoms with Gasteiger partial charge >= 0.3 is 0 Å². The van der Waals surface area contributed by atoms with Gasteiger partial charge in [0.1, 0.15) is 11.5 Å². The second-order valence-electron chi connectivity index (χ2n) is 6.74. The average Bonchev–Trinajstić information content (AvgIpc) is 3.09. The molecule has 0 aliphatic carbocycles. The molecular weight excluding hydrogens is 378 g/mol. The third kappa shape index (κ3) is 3.14. The van der Waals surface area contributed by atoms with Crippen molar-refractivity contribution < 1.29 is 9.59 Å². The number of pyridine rings is 1. The van der Waals surface area contributed by atoms with Crippen molar-refractivity contribution in [2.24, 2.45) is 0 Å². The molecule has 0 unspecified atom stereocenters. The van der Waals surface area contributed by atoms with Gasteiger partial charge in [0.15, 0.2) is 5.78 Å². The van der Waals surface area contributed by atoms with E-state index in [2.05, 4.69) is 10.1 Å². The number of nitrogens with two attached hydrogens (primary N) is 1. The van der Waals surface area contributed by atoms with E-state index in [1.807, 2.05) is 13.0 Å². The van der Waals surface area contributed by atoms with Gasteiger partial charge in [-0.3, -0.25) is 14.3 Å². The maximum absolute atomic E-state index is 13.2. The van der Waals surface area contributed by atoms with Crippen molar-refractivity contribution in [1.29, 1.82) is 0 Å². The number of nitrogen functional groups attached to an aromatic ring is 1. The highest BCUT2D eigenvalue weighted by atomic mass is 35.5. The fraction of sp³-hybridized carbons (Fsp3) is 0.200. The number of rotatable bonds is 4. The summed E-state index contributed by atoms with van der Waals surface area (Å²) in [5.74, 6) is -0.240. The van der Waals surface area contributed by atoms with Crippen molar-refractivity contribution in [1.82, 2.24) is 14.8 Å². The van der Waals surface area contributed by atoms with E-state index >= 15 is 0 Å². The Morgan fingerprint density at radius 2 is 2.14 bits per heavy atom. The minimum absolute atomic E-state index is 0.0209. The van der Waals surface area contributed by atoms with Gasteiger partial charge in [-0.15, -0.1) is 0 Å². The van der Waals surface area contributed by atoms with Crippen LogP contribution in [0, 0.1) is 0 Å². The fourth-order valence-corrected chi connectivity index (χ4v) is 3.62. The van der Waals surface area contributed by atoms with Crippen LogP contribution in [0.5, 0.6) is 0 Å². The zero-order chi connectivity index (χ0) is 19.8. The molecule has 3 aromatic rings. The van der Waals surface area contributed by atoms with E-state index in [9.17, 15) is 9.59 Å². The molecule has 1 aromatic carbocycles. The number of carbonyl (C=O) groups excluding carboxylic acids is 2. The highest BCUT2D eigenvalue weighted by Crippen LogP contribution is 2.29. The molecule has 0 saturated carbocycles. The Bertz CT molecular complexity index is 1080.